The zero-order valence-electron chi connectivity index (χ0n) is 10.1. The Hall–Kier alpha value is -1.82. The van der Waals surface area contributed by atoms with Crippen LogP contribution >= 0.6 is 0 Å². The van der Waals surface area contributed by atoms with Crippen molar-refractivity contribution in [1.82, 2.24) is 0 Å². The zero-order chi connectivity index (χ0) is 12.8. The fraction of sp³-hybridized carbons (Fsp3) is 0.455. The molecule has 0 bridgehead atoms. The molecule has 6 heteroatoms. The fourth-order valence-electron chi connectivity index (χ4n) is 1.32. The molecule has 0 aliphatic carbocycles. The Balaban J connectivity index is 2.97. The van der Waals surface area contributed by atoms with Crippen LogP contribution < -0.4 is 10.1 Å². The second-order valence-corrected chi connectivity index (χ2v) is 3.79. The number of methoxy groups -OCH3 is 1. The summed E-state index contributed by atoms with van der Waals surface area (Å²) in [5, 5.41) is 13.8. The molecule has 0 spiro atoms. The molecule has 0 radical (unpaired) electrons. The maximum atomic E-state index is 10.8. The number of nitrogens with zero attached hydrogens (tertiary/aromatic N) is 1. The molecular formula is C11H16N2O4. The third-order valence-electron chi connectivity index (χ3n) is 1.95. The van der Waals surface area contributed by atoms with Gasteiger partial charge < -0.3 is 14.8 Å². The summed E-state index contributed by atoms with van der Waals surface area (Å²) in [5.41, 5.74) is 0.474. The lowest BCUT2D eigenvalue weighted by molar-refractivity contribution is -0.384. The van der Waals surface area contributed by atoms with E-state index < -0.39 is 4.92 Å². The second-order valence-electron chi connectivity index (χ2n) is 3.79. The van der Waals surface area contributed by atoms with Crippen LogP contribution in [0.2, 0.25) is 0 Å². The van der Waals surface area contributed by atoms with E-state index >= 15 is 0 Å². The van der Waals surface area contributed by atoms with Crippen molar-refractivity contribution in [2.24, 2.45) is 0 Å². The number of benzene rings is 1. The fourth-order valence-corrected chi connectivity index (χ4v) is 1.32. The number of nitrogens with one attached hydrogen (secondary N) is 1. The first kappa shape index (κ1) is 13.2. The van der Waals surface area contributed by atoms with Gasteiger partial charge in [-0.05, 0) is 19.9 Å². The molecule has 0 atom stereocenters. The summed E-state index contributed by atoms with van der Waals surface area (Å²) in [4.78, 5) is 10.4. The number of nitro benzene ring substituents is 1. The van der Waals surface area contributed by atoms with Crippen molar-refractivity contribution in [2.75, 3.05) is 19.2 Å². The molecule has 0 saturated heterocycles. The van der Waals surface area contributed by atoms with E-state index in [1.54, 1.807) is 12.1 Å². The van der Waals surface area contributed by atoms with Crippen molar-refractivity contribution in [2.45, 2.75) is 19.9 Å². The van der Waals surface area contributed by atoms with Gasteiger partial charge in [0, 0.05) is 25.3 Å². The normalized spacial score (nSPS) is 10.4. The molecule has 0 saturated carbocycles. The predicted molar refractivity (Wildman–Crippen MR) is 64.4 cm³/mol. The minimum Gasteiger partial charge on any atom is -0.467 e. The van der Waals surface area contributed by atoms with Crippen molar-refractivity contribution < 1.29 is 14.4 Å². The highest BCUT2D eigenvalue weighted by Crippen LogP contribution is 2.29. The number of nitro groups is 1. The smallest absolute Gasteiger partial charge is 0.292 e. The summed E-state index contributed by atoms with van der Waals surface area (Å²) in [7, 11) is 1.51. The minimum atomic E-state index is -0.426. The molecule has 1 aromatic rings. The first-order chi connectivity index (χ1) is 8.04. The van der Waals surface area contributed by atoms with Crippen molar-refractivity contribution in [3.8, 4) is 5.75 Å². The monoisotopic (exact) mass is 240 g/mol. The van der Waals surface area contributed by atoms with Gasteiger partial charge in [-0.15, -0.1) is 0 Å². The third kappa shape index (κ3) is 3.92. The summed E-state index contributed by atoms with van der Waals surface area (Å²) < 4.78 is 10.00. The van der Waals surface area contributed by atoms with Crippen LogP contribution in [-0.2, 0) is 4.74 Å². The van der Waals surface area contributed by atoms with Gasteiger partial charge in [-0.25, -0.2) is 0 Å². The number of hydrogen-bond acceptors (Lipinski definition) is 5. The van der Waals surface area contributed by atoms with Crippen molar-refractivity contribution in [3.05, 3.63) is 28.3 Å². The van der Waals surface area contributed by atoms with Gasteiger partial charge in [0.15, 0.2) is 6.79 Å². The van der Waals surface area contributed by atoms with E-state index in [1.807, 2.05) is 13.8 Å². The van der Waals surface area contributed by atoms with E-state index in [0.29, 0.717) is 11.4 Å². The molecule has 17 heavy (non-hydrogen) atoms. The van der Waals surface area contributed by atoms with Crippen molar-refractivity contribution >= 4 is 11.4 Å². The summed E-state index contributed by atoms with van der Waals surface area (Å²) in [5.74, 6) is 0.528. The average molecular weight is 240 g/mol. The van der Waals surface area contributed by atoms with Crippen LogP contribution in [0.1, 0.15) is 13.8 Å². The molecule has 0 unspecified atom stereocenters. The van der Waals surface area contributed by atoms with Crippen LogP contribution in [0.3, 0.4) is 0 Å². The van der Waals surface area contributed by atoms with E-state index in [1.165, 1.54) is 13.2 Å². The Kier molecular flexibility index (Phi) is 4.71. The van der Waals surface area contributed by atoms with Gasteiger partial charge in [0.25, 0.3) is 5.69 Å². The molecule has 0 aromatic heterocycles. The second kappa shape index (κ2) is 6.05. The third-order valence-corrected chi connectivity index (χ3v) is 1.95. The highest BCUT2D eigenvalue weighted by molar-refractivity contribution is 5.64. The Morgan fingerprint density at radius 2 is 2.18 bits per heavy atom. The molecule has 0 heterocycles. The first-order valence-corrected chi connectivity index (χ1v) is 5.21. The van der Waals surface area contributed by atoms with E-state index in [-0.39, 0.29) is 18.5 Å². The van der Waals surface area contributed by atoms with Gasteiger partial charge in [0.05, 0.1) is 4.92 Å². The molecular weight excluding hydrogens is 224 g/mol. The van der Waals surface area contributed by atoms with Crippen LogP contribution in [0.15, 0.2) is 18.2 Å². The van der Waals surface area contributed by atoms with Gasteiger partial charge in [-0.1, -0.05) is 0 Å². The van der Waals surface area contributed by atoms with Gasteiger partial charge in [-0.3, -0.25) is 10.1 Å². The van der Waals surface area contributed by atoms with E-state index in [4.69, 9.17) is 9.47 Å². The van der Waals surface area contributed by atoms with Crippen molar-refractivity contribution in [1.29, 1.82) is 0 Å². The van der Waals surface area contributed by atoms with Gasteiger partial charge in [0.1, 0.15) is 11.4 Å². The molecule has 0 amide bonds. The molecule has 0 aliphatic rings. The van der Waals surface area contributed by atoms with Gasteiger partial charge in [0.2, 0.25) is 0 Å². The van der Waals surface area contributed by atoms with E-state index in [0.717, 1.165) is 0 Å². The molecule has 0 aliphatic heterocycles. The van der Waals surface area contributed by atoms with Crippen LogP contribution in [-0.4, -0.2) is 24.9 Å². The maximum absolute atomic E-state index is 10.8. The number of rotatable bonds is 6. The summed E-state index contributed by atoms with van der Waals surface area (Å²) >= 11 is 0. The molecule has 1 rings (SSSR count). The van der Waals surface area contributed by atoms with E-state index in [2.05, 4.69) is 5.32 Å². The van der Waals surface area contributed by atoms with Gasteiger partial charge in [-0.2, -0.15) is 0 Å². The van der Waals surface area contributed by atoms with E-state index in [9.17, 15) is 10.1 Å². The lowest BCUT2D eigenvalue weighted by atomic mass is 10.2. The quantitative estimate of drug-likeness (QED) is 0.469. The highest BCUT2D eigenvalue weighted by atomic mass is 16.7. The Morgan fingerprint density at radius 3 is 2.71 bits per heavy atom. The standard InChI is InChI=1S/C11H16N2O4/c1-8(2)12-10-6-9(17-7-16-3)4-5-11(10)13(14)15/h4-6,8,12H,7H2,1-3H3. The lowest BCUT2D eigenvalue weighted by Crippen LogP contribution is -2.11. The summed E-state index contributed by atoms with van der Waals surface area (Å²) in [6.07, 6.45) is 0. The van der Waals surface area contributed by atoms with Gasteiger partial charge >= 0.3 is 0 Å². The van der Waals surface area contributed by atoms with Crippen LogP contribution in [0.25, 0.3) is 0 Å². The average Bonchev–Trinajstić information content (AvgIpc) is 2.25. The lowest BCUT2D eigenvalue weighted by Gasteiger charge is -2.12. The number of anilines is 1. The largest absolute Gasteiger partial charge is 0.467 e. The summed E-state index contributed by atoms with van der Waals surface area (Å²) in [6, 6.07) is 4.65. The molecule has 1 N–H and O–H groups in total. The molecule has 0 fully saturated rings. The Labute approximate surface area is 99.7 Å². The summed E-state index contributed by atoms with van der Waals surface area (Å²) in [6.45, 7) is 3.93. The van der Waals surface area contributed by atoms with Crippen LogP contribution in [0.5, 0.6) is 5.75 Å². The number of hydrogen-bond donors (Lipinski definition) is 1. The molecule has 94 valence electrons. The van der Waals surface area contributed by atoms with Crippen molar-refractivity contribution in [3.63, 3.8) is 0 Å². The Morgan fingerprint density at radius 1 is 1.47 bits per heavy atom. The minimum absolute atomic E-state index is 0.0310. The maximum Gasteiger partial charge on any atom is 0.292 e. The zero-order valence-corrected chi connectivity index (χ0v) is 10.1. The topological polar surface area (TPSA) is 73.6 Å². The predicted octanol–water partition coefficient (Wildman–Crippen LogP) is 2.40. The SMILES string of the molecule is COCOc1ccc([N+](=O)[O-])c(NC(C)C)c1. The molecule has 6 nitrogen and oxygen atoms in total. The molecule has 1 aromatic carbocycles. The van der Waals surface area contributed by atoms with Crippen LogP contribution in [0.4, 0.5) is 11.4 Å². The number of ether oxygens (including phenoxy) is 2. The first-order valence-electron chi connectivity index (χ1n) is 5.21. The Bertz CT molecular complexity index is 393. The van der Waals surface area contributed by atoms with Crippen LogP contribution in [0, 0.1) is 10.1 Å². The highest BCUT2D eigenvalue weighted by Gasteiger charge is 2.15.